The first-order valence-corrected chi connectivity index (χ1v) is 3.19. The molecule has 0 heterocycles. The Morgan fingerprint density at radius 2 is 2.50 bits per heavy atom. The van der Waals surface area contributed by atoms with Crippen LogP contribution in [0.25, 0.3) is 0 Å². The molecule has 3 nitrogen and oxygen atoms in total. The zero-order chi connectivity index (χ0) is 7.82. The maximum Gasteiger partial charge on any atom is 0.281 e. The number of hydrogen-bond acceptors (Lipinski definition) is 2. The third kappa shape index (κ3) is 5.15. The molecule has 0 aliphatic rings. The second-order valence-corrected chi connectivity index (χ2v) is 1.85. The first-order valence-electron chi connectivity index (χ1n) is 3.19. The van der Waals surface area contributed by atoms with Crippen LogP contribution in [0.1, 0.15) is 19.3 Å². The number of oxime groups is 1. The van der Waals surface area contributed by atoms with Gasteiger partial charge in [0.15, 0.2) is 0 Å². The van der Waals surface area contributed by atoms with Gasteiger partial charge >= 0.3 is 0 Å². The summed E-state index contributed by atoms with van der Waals surface area (Å²) in [6, 6.07) is 0. The molecule has 0 N–H and O–H groups in total. The fourth-order valence-corrected chi connectivity index (χ4v) is 0.545. The Balaban J connectivity index is 3.29. The van der Waals surface area contributed by atoms with Gasteiger partial charge in [0, 0.05) is 6.42 Å². The highest BCUT2D eigenvalue weighted by atomic mass is 16.6. The van der Waals surface area contributed by atoms with Crippen LogP contribution in [0, 0.1) is 0 Å². The minimum absolute atomic E-state index is 0.204. The Labute approximate surface area is 61.0 Å². The maximum absolute atomic E-state index is 10.6. The van der Waals surface area contributed by atoms with Gasteiger partial charge in [0.25, 0.3) is 5.90 Å². The number of allylic oxidation sites excluding steroid dienone is 1. The Morgan fingerprint density at radius 3 is 3.00 bits per heavy atom. The summed E-state index contributed by atoms with van der Waals surface area (Å²) < 4.78 is 0. The van der Waals surface area contributed by atoms with Crippen LogP contribution >= 0.6 is 0 Å². The molecule has 0 spiro atoms. The molecular weight excluding hydrogens is 130 g/mol. The molecule has 0 saturated heterocycles. The lowest BCUT2D eigenvalue weighted by molar-refractivity contribution is 0.196. The van der Waals surface area contributed by atoms with Crippen LogP contribution in [-0.4, -0.2) is 13.0 Å². The van der Waals surface area contributed by atoms with Crippen molar-refractivity contribution in [3.8, 4) is 0 Å². The van der Waals surface area contributed by atoms with Gasteiger partial charge in [0.1, 0.15) is 7.11 Å². The highest BCUT2D eigenvalue weighted by Crippen LogP contribution is 1.96. The van der Waals surface area contributed by atoms with Crippen LogP contribution in [0.2, 0.25) is 0 Å². The summed E-state index contributed by atoms with van der Waals surface area (Å²) in [4.78, 5) is 4.28. The van der Waals surface area contributed by atoms with Gasteiger partial charge in [0.2, 0.25) is 0 Å². The molecule has 0 amide bonds. The average molecular weight is 142 g/mol. The molecule has 1 radical (unpaired) electrons. The molecule has 10 heavy (non-hydrogen) atoms. The van der Waals surface area contributed by atoms with E-state index in [1.165, 1.54) is 7.11 Å². The normalized spacial score (nSPS) is 11.1. The fourth-order valence-electron chi connectivity index (χ4n) is 0.545. The summed E-state index contributed by atoms with van der Waals surface area (Å²) in [6.07, 6.45) is 3.88. The van der Waals surface area contributed by atoms with Gasteiger partial charge in [-0.3, -0.25) is 5.11 Å². The predicted octanol–water partition coefficient (Wildman–Crippen LogP) is 1.73. The van der Waals surface area contributed by atoms with Gasteiger partial charge < -0.3 is 4.84 Å². The molecule has 0 atom stereocenters. The Hall–Kier alpha value is -0.990. The summed E-state index contributed by atoms with van der Waals surface area (Å²) in [6.45, 7) is 3.53. The van der Waals surface area contributed by atoms with E-state index in [0.717, 1.165) is 12.8 Å². The Bertz CT molecular complexity index is 121. The van der Waals surface area contributed by atoms with E-state index in [-0.39, 0.29) is 5.90 Å². The van der Waals surface area contributed by atoms with Gasteiger partial charge in [-0.2, -0.15) is 0 Å². The highest BCUT2D eigenvalue weighted by Gasteiger charge is 1.96. The lowest BCUT2D eigenvalue weighted by atomic mass is 10.2. The van der Waals surface area contributed by atoms with E-state index >= 15 is 0 Å². The van der Waals surface area contributed by atoms with Crippen molar-refractivity contribution >= 4 is 5.90 Å². The van der Waals surface area contributed by atoms with E-state index in [1.54, 1.807) is 6.08 Å². The quantitative estimate of drug-likeness (QED) is 0.189. The molecule has 0 bridgehead atoms. The van der Waals surface area contributed by atoms with Gasteiger partial charge in [-0.25, -0.2) is 0 Å². The van der Waals surface area contributed by atoms with Crippen molar-refractivity contribution in [2.24, 2.45) is 5.16 Å². The van der Waals surface area contributed by atoms with Crippen molar-refractivity contribution in [1.82, 2.24) is 0 Å². The predicted molar refractivity (Wildman–Crippen MR) is 39.2 cm³/mol. The van der Waals surface area contributed by atoms with Crippen molar-refractivity contribution in [1.29, 1.82) is 0 Å². The molecule has 0 rings (SSSR count). The third-order valence-corrected chi connectivity index (χ3v) is 0.992. The lowest BCUT2D eigenvalue weighted by Gasteiger charge is -1.91. The first-order chi connectivity index (χ1) is 4.81. The van der Waals surface area contributed by atoms with Crippen LogP contribution in [0.4, 0.5) is 0 Å². The van der Waals surface area contributed by atoms with Gasteiger partial charge in [-0.1, -0.05) is 6.08 Å². The second-order valence-electron chi connectivity index (χ2n) is 1.85. The highest BCUT2D eigenvalue weighted by molar-refractivity contribution is 5.72. The molecule has 0 unspecified atom stereocenters. The van der Waals surface area contributed by atoms with Crippen LogP contribution in [0.5, 0.6) is 0 Å². The molecular formula is C7H12NO2. The smallest absolute Gasteiger partial charge is 0.281 e. The third-order valence-electron chi connectivity index (χ3n) is 0.992. The molecule has 0 fully saturated rings. The molecule has 0 aromatic rings. The van der Waals surface area contributed by atoms with Crippen LogP contribution in [-0.2, 0) is 9.94 Å². The monoisotopic (exact) mass is 142 g/mol. The van der Waals surface area contributed by atoms with Crippen LogP contribution < -0.4 is 0 Å². The molecule has 0 aromatic carbocycles. The number of hydrogen-bond donors (Lipinski definition) is 0. The second kappa shape index (κ2) is 6.13. The standard InChI is InChI=1S/C7H12NO2/c1-3-4-5-6-7(9)8-10-2/h3H,1,4-6H2,2H3. The van der Waals surface area contributed by atoms with E-state index in [2.05, 4.69) is 16.6 Å². The van der Waals surface area contributed by atoms with Gasteiger partial charge in [-0.15, -0.1) is 6.58 Å². The van der Waals surface area contributed by atoms with E-state index in [1.807, 2.05) is 0 Å². The zero-order valence-corrected chi connectivity index (χ0v) is 6.17. The minimum atomic E-state index is -0.204. The van der Waals surface area contributed by atoms with Crippen molar-refractivity contribution in [3.63, 3.8) is 0 Å². The maximum atomic E-state index is 10.6. The van der Waals surface area contributed by atoms with Gasteiger partial charge in [-0.05, 0) is 18.0 Å². The average Bonchev–Trinajstić information content (AvgIpc) is 1.89. The topological polar surface area (TPSA) is 41.5 Å². The Morgan fingerprint density at radius 1 is 1.80 bits per heavy atom. The largest absolute Gasteiger partial charge is 0.396 e. The summed E-state index contributed by atoms with van der Waals surface area (Å²) >= 11 is 0. The molecule has 0 aromatic heterocycles. The minimum Gasteiger partial charge on any atom is -0.396 e. The summed E-state index contributed by atoms with van der Waals surface area (Å²) in [5, 5.41) is 13.8. The number of nitrogens with zero attached hydrogens (tertiary/aromatic N) is 1. The lowest BCUT2D eigenvalue weighted by Crippen LogP contribution is -1.93. The van der Waals surface area contributed by atoms with Crippen molar-refractivity contribution in [3.05, 3.63) is 12.7 Å². The summed E-state index contributed by atoms with van der Waals surface area (Å²) in [7, 11) is 1.37. The molecule has 0 aliphatic heterocycles. The van der Waals surface area contributed by atoms with E-state index in [4.69, 9.17) is 0 Å². The van der Waals surface area contributed by atoms with Crippen molar-refractivity contribution < 1.29 is 9.94 Å². The first kappa shape index (κ1) is 9.01. The van der Waals surface area contributed by atoms with Gasteiger partial charge in [0.05, 0.1) is 0 Å². The van der Waals surface area contributed by atoms with E-state index in [0.29, 0.717) is 6.42 Å². The number of unbranched alkanes of at least 4 members (excludes halogenated alkanes) is 1. The van der Waals surface area contributed by atoms with Crippen LogP contribution in [0.15, 0.2) is 17.8 Å². The van der Waals surface area contributed by atoms with E-state index in [9.17, 15) is 5.11 Å². The summed E-state index contributed by atoms with van der Waals surface area (Å²) in [5.41, 5.74) is 0. The molecule has 0 saturated carbocycles. The van der Waals surface area contributed by atoms with Crippen molar-refractivity contribution in [2.45, 2.75) is 19.3 Å². The molecule has 57 valence electrons. The van der Waals surface area contributed by atoms with Crippen molar-refractivity contribution in [2.75, 3.05) is 7.11 Å². The Kier molecular flexibility index (Phi) is 5.53. The van der Waals surface area contributed by atoms with Crippen LogP contribution in [0.3, 0.4) is 0 Å². The SMILES string of the molecule is C=CCCCC([O])=NOC. The van der Waals surface area contributed by atoms with E-state index < -0.39 is 0 Å². The number of rotatable bonds is 5. The fraction of sp³-hybridized carbons (Fsp3) is 0.571. The molecule has 3 heteroatoms. The molecule has 0 aliphatic carbocycles. The summed E-state index contributed by atoms with van der Waals surface area (Å²) in [5.74, 6) is -0.204. The zero-order valence-electron chi connectivity index (χ0n) is 6.17.